The van der Waals surface area contributed by atoms with Gasteiger partial charge in [-0.3, -0.25) is 4.79 Å². The van der Waals surface area contributed by atoms with Crippen molar-refractivity contribution >= 4 is 10.9 Å². The highest BCUT2D eigenvalue weighted by molar-refractivity contribution is 5.80. The lowest BCUT2D eigenvalue weighted by molar-refractivity contribution is 0.362. The van der Waals surface area contributed by atoms with Gasteiger partial charge in [0, 0.05) is 25.0 Å². The molecule has 0 unspecified atom stereocenters. The summed E-state index contributed by atoms with van der Waals surface area (Å²) in [5.41, 5.74) is 2.87. The quantitative estimate of drug-likeness (QED) is 0.739. The van der Waals surface area contributed by atoms with E-state index in [-0.39, 0.29) is 5.56 Å². The smallest absolute Gasteiger partial charge is 0.259 e. The third-order valence-electron chi connectivity index (χ3n) is 3.71. The molecule has 3 heterocycles. The summed E-state index contributed by atoms with van der Waals surface area (Å²) < 4.78 is 4.07. The first-order chi connectivity index (χ1) is 8.02. The van der Waals surface area contributed by atoms with Crippen LogP contribution in [0.25, 0.3) is 10.9 Å². The molecule has 2 aromatic heterocycles. The van der Waals surface area contributed by atoms with Gasteiger partial charge in [0.1, 0.15) is 0 Å². The molecule has 0 bridgehead atoms. The molecule has 3 nitrogen and oxygen atoms in total. The van der Waals surface area contributed by atoms with E-state index in [4.69, 9.17) is 0 Å². The van der Waals surface area contributed by atoms with E-state index in [1.54, 1.807) is 4.57 Å². The standard InChI is InChI=1S/C14H18N2O/c1-4-15-6-5-12-11(13(15)17)7-10-8-14(2,3)9-16(10)12/h5-7H,4,8-9H2,1-3H3. The lowest BCUT2D eigenvalue weighted by Crippen LogP contribution is -2.19. The second-order valence-electron chi connectivity index (χ2n) is 5.77. The Kier molecular flexibility index (Phi) is 2.03. The van der Waals surface area contributed by atoms with Crippen molar-refractivity contribution in [1.82, 2.24) is 9.13 Å². The second kappa shape index (κ2) is 3.25. The molecular weight excluding hydrogens is 212 g/mol. The van der Waals surface area contributed by atoms with Crippen LogP contribution in [0.5, 0.6) is 0 Å². The Morgan fingerprint density at radius 3 is 2.88 bits per heavy atom. The van der Waals surface area contributed by atoms with Crippen molar-refractivity contribution in [2.45, 2.75) is 40.3 Å². The Bertz CT molecular complexity index is 646. The molecule has 0 saturated carbocycles. The molecule has 2 aromatic rings. The molecule has 1 aliphatic rings. The van der Waals surface area contributed by atoms with Crippen molar-refractivity contribution < 1.29 is 0 Å². The van der Waals surface area contributed by atoms with Crippen LogP contribution in [0.15, 0.2) is 23.1 Å². The number of aryl methyl sites for hydroxylation is 1. The van der Waals surface area contributed by atoms with Gasteiger partial charge in [-0.25, -0.2) is 0 Å². The van der Waals surface area contributed by atoms with Gasteiger partial charge in [-0.2, -0.15) is 0 Å². The third-order valence-corrected chi connectivity index (χ3v) is 3.71. The summed E-state index contributed by atoms with van der Waals surface area (Å²) >= 11 is 0. The van der Waals surface area contributed by atoms with E-state index in [2.05, 4.69) is 30.5 Å². The van der Waals surface area contributed by atoms with Crippen LogP contribution in [0.4, 0.5) is 0 Å². The zero-order valence-corrected chi connectivity index (χ0v) is 10.7. The lowest BCUT2D eigenvalue weighted by Gasteiger charge is -2.15. The van der Waals surface area contributed by atoms with Crippen LogP contribution in [0.1, 0.15) is 26.5 Å². The van der Waals surface area contributed by atoms with Crippen molar-refractivity contribution in [3.8, 4) is 0 Å². The Hall–Kier alpha value is -1.51. The van der Waals surface area contributed by atoms with Crippen LogP contribution in [-0.4, -0.2) is 9.13 Å². The van der Waals surface area contributed by atoms with Gasteiger partial charge < -0.3 is 9.13 Å². The monoisotopic (exact) mass is 230 g/mol. The van der Waals surface area contributed by atoms with E-state index in [1.807, 2.05) is 13.1 Å². The molecule has 0 saturated heterocycles. The first-order valence-electron chi connectivity index (χ1n) is 6.23. The first-order valence-corrected chi connectivity index (χ1v) is 6.23. The number of aromatic nitrogens is 2. The topological polar surface area (TPSA) is 26.9 Å². The molecule has 3 rings (SSSR count). The van der Waals surface area contributed by atoms with E-state index in [9.17, 15) is 4.79 Å². The average Bonchev–Trinajstić information content (AvgIpc) is 2.72. The normalized spacial score (nSPS) is 17.6. The summed E-state index contributed by atoms with van der Waals surface area (Å²) in [6.07, 6.45) is 2.97. The summed E-state index contributed by atoms with van der Waals surface area (Å²) in [7, 11) is 0. The molecule has 90 valence electrons. The zero-order valence-electron chi connectivity index (χ0n) is 10.7. The molecule has 1 aliphatic heterocycles. The van der Waals surface area contributed by atoms with E-state index >= 15 is 0 Å². The highest BCUT2D eigenvalue weighted by Gasteiger charge is 2.30. The van der Waals surface area contributed by atoms with Gasteiger partial charge in [-0.05, 0) is 30.9 Å². The van der Waals surface area contributed by atoms with Gasteiger partial charge in [0.15, 0.2) is 0 Å². The Morgan fingerprint density at radius 1 is 1.41 bits per heavy atom. The molecule has 0 amide bonds. The maximum absolute atomic E-state index is 12.2. The highest BCUT2D eigenvalue weighted by Crippen LogP contribution is 2.35. The highest BCUT2D eigenvalue weighted by atomic mass is 16.1. The minimum absolute atomic E-state index is 0.143. The van der Waals surface area contributed by atoms with Crippen molar-refractivity contribution in [2.24, 2.45) is 5.41 Å². The number of pyridine rings is 1. The maximum atomic E-state index is 12.2. The average molecular weight is 230 g/mol. The summed E-state index contributed by atoms with van der Waals surface area (Å²) in [6, 6.07) is 4.16. The van der Waals surface area contributed by atoms with E-state index in [0.717, 1.165) is 30.4 Å². The maximum Gasteiger partial charge on any atom is 0.259 e. The lowest BCUT2D eigenvalue weighted by atomic mass is 9.91. The fourth-order valence-corrected chi connectivity index (χ4v) is 2.91. The number of rotatable bonds is 1. The largest absolute Gasteiger partial charge is 0.344 e. The van der Waals surface area contributed by atoms with Gasteiger partial charge in [-0.1, -0.05) is 13.8 Å². The summed E-state index contributed by atoms with van der Waals surface area (Å²) in [5, 5.41) is 0.875. The molecule has 0 radical (unpaired) electrons. The summed E-state index contributed by atoms with van der Waals surface area (Å²) in [4.78, 5) is 12.2. The van der Waals surface area contributed by atoms with Crippen LogP contribution in [-0.2, 0) is 19.5 Å². The minimum Gasteiger partial charge on any atom is -0.344 e. The van der Waals surface area contributed by atoms with Gasteiger partial charge in [-0.15, -0.1) is 0 Å². The van der Waals surface area contributed by atoms with Crippen LogP contribution in [0, 0.1) is 5.41 Å². The fourth-order valence-electron chi connectivity index (χ4n) is 2.91. The third kappa shape index (κ3) is 1.45. The van der Waals surface area contributed by atoms with Crippen LogP contribution in [0.2, 0.25) is 0 Å². The van der Waals surface area contributed by atoms with Crippen LogP contribution < -0.4 is 5.56 Å². The molecule has 0 N–H and O–H groups in total. The predicted octanol–water partition coefficient (Wildman–Crippen LogP) is 2.41. The molecule has 0 fully saturated rings. The molecule has 17 heavy (non-hydrogen) atoms. The Labute approximate surface area is 101 Å². The second-order valence-corrected chi connectivity index (χ2v) is 5.77. The SMILES string of the molecule is CCn1ccc2c(cc3n2CC(C)(C)C3)c1=O. The molecule has 0 atom stereocenters. The fraction of sp³-hybridized carbons (Fsp3) is 0.500. The predicted molar refractivity (Wildman–Crippen MR) is 69.4 cm³/mol. The number of hydrogen-bond donors (Lipinski definition) is 0. The van der Waals surface area contributed by atoms with Gasteiger partial charge in [0.2, 0.25) is 0 Å². The van der Waals surface area contributed by atoms with Crippen molar-refractivity contribution in [1.29, 1.82) is 0 Å². The van der Waals surface area contributed by atoms with Gasteiger partial charge >= 0.3 is 0 Å². The molecule has 0 spiro atoms. The number of fused-ring (bicyclic) bond motifs is 3. The van der Waals surface area contributed by atoms with Crippen molar-refractivity contribution in [3.63, 3.8) is 0 Å². The van der Waals surface area contributed by atoms with E-state index < -0.39 is 0 Å². The number of nitrogens with zero attached hydrogens (tertiary/aromatic N) is 2. The van der Waals surface area contributed by atoms with Gasteiger partial charge in [0.25, 0.3) is 5.56 Å². The Morgan fingerprint density at radius 2 is 2.18 bits per heavy atom. The minimum atomic E-state index is 0.143. The molecule has 3 heteroatoms. The number of hydrogen-bond acceptors (Lipinski definition) is 1. The summed E-state index contributed by atoms with van der Waals surface area (Å²) in [5.74, 6) is 0. The molecule has 0 aromatic carbocycles. The van der Waals surface area contributed by atoms with Gasteiger partial charge in [0.05, 0.1) is 10.9 Å². The molecular formula is C14H18N2O. The van der Waals surface area contributed by atoms with Crippen LogP contribution >= 0.6 is 0 Å². The van der Waals surface area contributed by atoms with Crippen molar-refractivity contribution in [3.05, 3.63) is 34.4 Å². The first kappa shape index (κ1) is 10.6. The zero-order chi connectivity index (χ0) is 12.2. The van der Waals surface area contributed by atoms with Crippen molar-refractivity contribution in [2.75, 3.05) is 0 Å². The Balaban J connectivity index is 2.27. The van der Waals surface area contributed by atoms with Crippen LogP contribution in [0.3, 0.4) is 0 Å². The molecule has 0 aliphatic carbocycles. The summed E-state index contributed by atoms with van der Waals surface area (Å²) in [6.45, 7) is 8.31. The van der Waals surface area contributed by atoms with E-state index in [1.165, 1.54) is 5.69 Å². The van der Waals surface area contributed by atoms with E-state index in [0.29, 0.717) is 5.41 Å².